The van der Waals surface area contributed by atoms with E-state index >= 15 is 4.39 Å². The van der Waals surface area contributed by atoms with Crippen LogP contribution in [-0.4, -0.2) is 43.7 Å². The number of anilines is 2. The Balaban J connectivity index is 1.27. The first-order valence-electron chi connectivity index (χ1n) is 13.5. The Labute approximate surface area is 246 Å². The molecular formula is C30H24F4N6O4. The molecule has 1 aliphatic heterocycles. The third kappa shape index (κ3) is 5.41. The summed E-state index contributed by atoms with van der Waals surface area (Å²) in [4.78, 5) is 40.7. The molecule has 1 aliphatic rings. The predicted molar refractivity (Wildman–Crippen MR) is 153 cm³/mol. The van der Waals surface area contributed by atoms with E-state index in [1.54, 1.807) is 19.2 Å². The monoisotopic (exact) mass is 608 g/mol. The quantitative estimate of drug-likeness (QED) is 0.266. The first kappa shape index (κ1) is 28.7. The van der Waals surface area contributed by atoms with Crippen molar-refractivity contribution >= 4 is 22.8 Å². The number of carbonyl (C=O) groups is 1. The zero-order valence-electron chi connectivity index (χ0n) is 23.1. The van der Waals surface area contributed by atoms with Gasteiger partial charge in [0.1, 0.15) is 16.9 Å². The molecule has 0 spiro atoms. The lowest BCUT2D eigenvalue weighted by atomic mass is 10.2. The van der Waals surface area contributed by atoms with Crippen molar-refractivity contribution < 1.29 is 27.1 Å². The van der Waals surface area contributed by atoms with Crippen LogP contribution in [0.5, 0.6) is 11.5 Å². The Morgan fingerprint density at radius 2 is 1.77 bits per heavy atom. The molecule has 1 N–H and O–H groups in total. The highest BCUT2D eigenvalue weighted by Gasteiger charge is 2.38. The van der Waals surface area contributed by atoms with Gasteiger partial charge in [-0.05, 0) is 49.4 Å². The van der Waals surface area contributed by atoms with Crippen LogP contribution in [0, 0.1) is 11.6 Å². The molecule has 0 aliphatic carbocycles. The molecule has 6 rings (SSSR count). The van der Waals surface area contributed by atoms with Gasteiger partial charge in [0.15, 0.2) is 17.3 Å². The average Bonchev–Trinajstić information content (AvgIpc) is 3.61. The van der Waals surface area contributed by atoms with Crippen LogP contribution in [0.1, 0.15) is 23.7 Å². The molecular weight excluding hydrogens is 584 g/mol. The number of benzene rings is 2. The Hall–Kier alpha value is -5.40. The number of pyridine rings is 1. The number of nitrogens with one attached hydrogen (secondary N) is 1. The summed E-state index contributed by atoms with van der Waals surface area (Å²) in [6, 6.07) is 11.4. The highest BCUT2D eigenvalue weighted by atomic mass is 19.3. The predicted octanol–water partition coefficient (Wildman–Crippen LogP) is 4.84. The van der Waals surface area contributed by atoms with E-state index in [1.807, 2.05) is 0 Å². The van der Waals surface area contributed by atoms with Gasteiger partial charge in [0.2, 0.25) is 0 Å². The lowest BCUT2D eigenvalue weighted by Crippen LogP contribution is -2.42. The highest BCUT2D eigenvalue weighted by molar-refractivity contribution is 6.03. The van der Waals surface area contributed by atoms with Crippen molar-refractivity contribution in [3.05, 3.63) is 111 Å². The number of aryl methyl sites for hydroxylation is 1. The fourth-order valence-corrected chi connectivity index (χ4v) is 4.97. The molecule has 2 aromatic carbocycles. The van der Waals surface area contributed by atoms with Crippen molar-refractivity contribution in [3.8, 4) is 17.2 Å². The number of carbonyl (C=O) groups excluding carboxylic acids is 1. The summed E-state index contributed by atoms with van der Waals surface area (Å²) in [6.07, 6.45) is 3.89. The number of fused-ring (bicyclic) bond motifs is 1. The van der Waals surface area contributed by atoms with Crippen molar-refractivity contribution in [2.45, 2.75) is 25.8 Å². The van der Waals surface area contributed by atoms with Gasteiger partial charge in [-0.15, -0.1) is 0 Å². The van der Waals surface area contributed by atoms with E-state index in [1.165, 1.54) is 45.9 Å². The molecule has 0 saturated carbocycles. The van der Waals surface area contributed by atoms with Gasteiger partial charge in [-0.25, -0.2) is 31.4 Å². The van der Waals surface area contributed by atoms with Crippen LogP contribution >= 0.6 is 0 Å². The molecule has 10 nitrogen and oxygen atoms in total. The molecule has 3 aromatic heterocycles. The smallest absolute Gasteiger partial charge is 0.335 e. The van der Waals surface area contributed by atoms with Crippen LogP contribution in [0.2, 0.25) is 0 Å². The molecule has 44 heavy (non-hydrogen) atoms. The number of hydrogen-bond acceptors (Lipinski definition) is 6. The van der Waals surface area contributed by atoms with E-state index in [4.69, 9.17) is 4.74 Å². The molecule has 226 valence electrons. The largest absolute Gasteiger partial charge is 0.452 e. The average molecular weight is 609 g/mol. The standard InChI is InChI=1S/C30H24F4N6O4/c1-2-37-16-22(28(42)40(29(37)43)20-6-3-18(31)4-7-20)27(41)36-19-5-8-25(23(32)13-19)44-26-14-21(15-39-24(26)9-11-35-39)38-12-10-30(33,34)17-38/h3-9,11,13-16H,2,10,12,17H2,1H3,(H,36,41). The molecule has 0 atom stereocenters. The number of halogens is 4. The maximum absolute atomic E-state index is 15.2. The fraction of sp³-hybridized carbons (Fsp3) is 0.200. The maximum Gasteiger partial charge on any atom is 0.335 e. The third-order valence-corrected chi connectivity index (χ3v) is 7.23. The number of ether oxygens (including phenoxy) is 1. The minimum Gasteiger partial charge on any atom is -0.452 e. The number of alkyl halides is 2. The molecule has 14 heteroatoms. The highest BCUT2D eigenvalue weighted by Crippen LogP contribution is 2.36. The summed E-state index contributed by atoms with van der Waals surface area (Å²) < 4.78 is 65.5. The second-order valence-electron chi connectivity index (χ2n) is 10.2. The minimum absolute atomic E-state index is 0.00983. The lowest BCUT2D eigenvalue weighted by molar-refractivity contribution is 0.0257. The summed E-state index contributed by atoms with van der Waals surface area (Å²) in [7, 11) is 0. The van der Waals surface area contributed by atoms with E-state index in [2.05, 4.69) is 10.4 Å². The van der Waals surface area contributed by atoms with E-state index in [-0.39, 0.29) is 42.4 Å². The van der Waals surface area contributed by atoms with Gasteiger partial charge in [0.05, 0.1) is 30.3 Å². The van der Waals surface area contributed by atoms with Crippen molar-refractivity contribution in [1.29, 1.82) is 0 Å². The van der Waals surface area contributed by atoms with Gasteiger partial charge in [-0.3, -0.25) is 14.2 Å². The molecule has 0 bridgehead atoms. The van der Waals surface area contributed by atoms with Crippen molar-refractivity contribution in [1.82, 2.24) is 18.7 Å². The second kappa shape index (κ2) is 11.0. The first-order valence-corrected chi connectivity index (χ1v) is 13.5. The number of rotatable bonds is 7. The Morgan fingerprint density at radius 1 is 1.00 bits per heavy atom. The summed E-state index contributed by atoms with van der Waals surface area (Å²) in [6.45, 7) is 1.44. The van der Waals surface area contributed by atoms with Crippen LogP contribution in [-0.2, 0) is 6.54 Å². The van der Waals surface area contributed by atoms with Crippen molar-refractivity contribution in [2.75, 3.05) is 23.3 Å². The van der Waals surface area contributed by atoms with E-state index in [9.17, 15) is 27.6 Å². The summed E-state index contributed by atoms with van der Waals surface area (Å²) in [5.41, 5.74) is -1.10. The maximum atomic E-state index is 15.2. The first-order chi connectivity index (χ1) is 21.0. The topological polar surface area (TPSA) is 103 Å². The van der Waals surface area contributed by atoms with Crippen LogP contribution in [0.3, 0.4) is 0 Å². The SMILES string of the molecule is CCn1cc(C(=O)Nc2ccc(Oc3cc(N4CCC(F)(F)C4)cn4nccc34)c(F)c2)c(=O)n(-c2ccc(F)cc2)c1=O. The van der Waals surface area contributed by atoms with E-state index < -0.39 is 46.8 Å². The molecule has 5 aromatic rings. The van der Waals surface area contributed by atoms with Gasteiger partial charge >= 0.3 is 5.69 Å². The molecule has 0 unspecified atom stereocenters. The molecule has 1 saturated heterocycles. The van der Waals surface area contributed by atoms with Gasteiger partial charge in [-0.2, -0.15) is 5.10 Å². The normalized spacial score (nSPS) is 14.2. The summed E-state index contributed by atoms with van der Waals surface area (Å²) >= 11 is 0. The van der Waals surface area contributed by atoms with Gasteiger partial charge < -0.3 is 15.0 Å². The molecule has 1 fully saturated rings. The van der Waals surface area contributed by atoms with Crippen LogP contribution < -0.4 is 26.2 Å². The Morgan fingerprint density at radius 3 is 2.45 bits per heavy atom. The second-order valence-corrected chi connectivity index (χ2v) is 10.2. The van der Waals surface area contributed by atoms with Crippen LogP contribution in [0.15, 0.2) is 82.8 Å². The van der Waals surface area contributed by atoms with E-state index in [0.29, 0.717) is 11.2 Å². The van der Waals surface area contributed by atoms with E-state index in [0.717, 1.165) is 33.5 Å². The Bertz CT molecular complexity index is 2020. The van der Waals surface area contributed by atoms with Crippen molar-refractivity contribution in [3.63, 3.8) is 0 Å². The fourth-order valence-electron chi connectivity index (χ4n) is 4.97. The summed E-state index contributed by atoms with van der Waals surface area (Å²) in [5, 5.41) is 6.61. The zero-order valence-corrected chi connectivity index (χ0v) is 23.1. The van der Waals surface area contributed by atoms with Crippen LogP contribution in [0.4, 0.5) is 28.9 Å². The molecule has 4 heterocycles. The van der Waals surface area contributed by atoms with Gasteiger partial charge in [0.25, 0.3) is 17.4 Å². The van der Waals surface area contributed by atoms with Crippen LogP contribution in [0.25, 0.3) is 11.2 Å². The molecule has 0 radical (unpaired) electrons. The minimum atomic E-state index is -2.83. The lowest BCUT2D eigenvalue weighted by Gasteiger charge is -2.20. The molecule has 1 amide bonds. The van der Waals surface area contributed by atoms with Gasteiger partial charge in [-0.1, -0.05) is 0 Å². The summed E-state index contributed by atoms with van der Waals surface area (Å²) in [5.74, 6) is -5.20. The third-order valence-electron chi connectivity index (χ3n) is 7.23. The number of hydrogen-bond donors (Lipinski definition) is 1. The van der Waals surface area contributed by atoms with Gasteiger partial charge in [0, 0.05) is 43.5 Å². The van der Waals surface area contributed by atoms with Crippen molar-refractivity contribution in [2.24, 2.45) is 0 Å². The number of amides is 1. The number of aromatic nitrogens is 4. The Kier molecular flexibility index (Phi) is 7.19. The number of nitrogens with zero attached hydrogens (tertiary/aromatic N) is 5. The zero-order chi connectivity index (χ0) is 31.2.